The minimum Gasteiger partial charge on any atom is -0.497 e. The van der Waals surface area contributed by atoms with Gasteiger partial charge in [-0.15, -0.1) is 6.58 Å². The first-order chi connectivity index (χ1) is 21.4. The van der Waals surface area contributed by atoms with Crippen LogP contribution in [0.3, 0.4) is 0 Å². The lowest BCUT2D eigenvalue weighted by Gasteiger charge is -2.35. The number of rotatable bonds is 11. The fraction of sp³-hybridized carbons (Fsp3) is 0.447. The number of amides is 1. The molecule has 0 aliphatic carbocycles. The predicted molar refractivity (Wildman–Crippen MR) is 192 cm³/mol. The number of likely N-dealkylation sites (N-methyl/N-ethyl adjacent to an activating group) is 1. The van der Waals surface area contributed by atoms with E-state index in [1.165, 1.54) is 55.5 Å². The van der Waals surface area contributed by atoms with Gasteiger partial charge in [0.15, 0.2) is 0 Å². The van der Waals surface area contributed by atoms with E-state index in [9.17, 15) is 0 Å². The number of aliphatic hydroxyl groups is 1. The molecule has 2 aromatic carbocycles. The van der Waals surface area contributed by atoms with Gasteiger partial charge in [0.1, 0.15) is 5.76 Å². The Morgan fingerprint density at radius 1 is 1.05 bits per heavy atom. The monoisotopic (exact) mass is 610 g/mol. The number of hydrogen-bond donors (Lipinski definition) is 2. The second-order valence-corrected chi connectivity index (χ2v) is 9.30. The maximum atomic E-state index is 9.06. The van der Waals surface area contributed by atoms with Crippen LogP contribution in [0.1, 0.15) is 64.5 Å². The van der Waals surface area contributed by atoms with Crippen LogP contribution in [-0.2, 0) is 20.7 Å². The molecule has 0 bridgehead atoms. The fourth-order valence-corrected chi connectivity index (χ4v) is 4.05. The molecule has 1 aliphatic rings. The molecule has 0 saturated carbocycles. The second kappa shape index (κ2) is 35.7. The van der Waals surface area contributed by atoms with E-state index in [-0.39, 0.29) is 0 Å². The summed E-state index contributed by atoms with van der Waals surface area (Å²) < 4.78 is 9.52. The Labute approximate surface area is 270 Å². The highest BCUT2D eigenvalue weighted by molar-refractivity contribution is 5.52. The van der Waals surface area contributed by atoms with Gasteiger partial charge in [-0.05, 0) is 62.9 Å². The van der Waals surface area contributed by atoms with Crippen molar-refractivity contribution in [3.05, 3.63) is 115 Å². The molecule has 3 rings (SSSR count). The summed E-state index contributed by atoms with van der Waals surface area (Å²) in [5.41, 5.74) is 4.04. The van der Waals surface area contributed by atoms with Crippen molar-refractivity contribution in [2.24, 2.45) is 0 Å². The number of aliphatic hydroxyl groups excluding tert-OH is 1. The second-order valence-electron chi connectivity index (χ2n) is 9.30. The molecule has 1 fully saturated rings. The lowest BCUT2D eigenvalue weighted by Crippen LogP contribution is -2.40. The van der Waals surface area contributed by atoms with E-state index in [1.807, 2.05) is 38.1 Å². The first-order valence-corrected chi connectivity index (χ1v) is 15.5. The number of ether oxygens (including phenoxy) is 2. The van der Waals surface area contributed by atoms with Crippen molar-refractivity contribution >= 4 is 12.5 Å². The van der Waals surface area contributed by atoms with Crippen LogP contribution >= 0.6 is 0 Å². The Kier molecular flexibility index (Phi) is 36.5. The highest BCUT2D eigenvalue weighted by Gasteiger charge is 2.20. The van der Waals surface area contributed by atoms with Gasteiger partial charge in [-0.2, -0.15) is 0 Å². The quantitative estimate of drug-likeness (QED) is 0.116. The summed E-state index contributed by atoms with van der Waals surface area (Å²) in [6, 6.07) is 22.0. The molecule has 1 aliphatic heterocycles. The molecule has 44 heavy (non-hydrogen) atoms. The standard InChI is InChI=1S/C15H18O.C14H21N.C4H8O.C2H5NO.C2H6.CH4O/c1-13(8-7-9-14(2)16-3)12-15-10-5-4-6-11-15;1-2-15-11-7-6-10-14(15)12-13-8-4-3-5-9-13;1-3-4-5-2;1-3-2-4;2*1-2/h4-7,9-12H,2,8H2,1,3H3;3-5,8-9,14H,2,6-7,10-12H2,1H3;3H,1,4H2,2H3;2H,1H3,(H,3,4);1-2H3;2H,1H3/b9-7+,13-12+;;;;;. The van der Waals surface area contributed by atoms with Crippen LogP contribution in [0.5, 0.6) is 0 Å². The molecule has 1 heterocycles. The number of nitrogens with one attached hydrogen (secondary N) is 1. The fourth-order valence-electron chi connectivity index (χ4n) is 4.05. The Bertz CT molecular complexity index is 959. The Morgan fingerprint density at radius 2 is 1.61 bits per heavy atom. The molecule has 6 nitrogen and oxygen atoms in total. The summed E-state index contributed by atoms with van der Waals surface area (Å²) in [7, 11) is 5.83. The average molecular weight is 611 g/mol. The van der Waals surface area contributed by atoms with Crippen molar-refractivity contribution in [2.75, 3.05) is 48.1 Å². The van der Waals surface area contributed by atoms with Gasteiger partial charge in [0.2, 0.25) is 6.41 Å². The SMILES string of the molecule is C=C(/C=C/C/C(C)=C/c1ccccc1)OC.C=CCOC.CC.CCN1CCCCC1Cc1ccccc1.CNC=O.CO. The van der Waals surface area contributed by atoms with E-state index < -0.39 is 0 Å². The Hall–Kier alpha value is -3.45. The highest BCUT2D eigenvalue weighted by atomic mass is 16.5. The summed E-state index contributed by atoms with van der Waals surface area (Å²) in [5.74, 6) is 0.688. The minimum absolute atomic E-state index is 0.625. The molecule has 1 unspecified atom stereocenters. The summed E-state index contributed by atoms with van der Waals surface area (Å²) in [4.78, 5) is 11.7. The van der Waals surface area contributed by atoms with Gasteiger partial charge in [0.25, 0.3) is 0 Å². The van der Waals surface area contributed by atoms with Crippen LogP contribution in [0, 0.1) is 0 Å². The van der Waals surface area contributed by atoms with Gasteiger partial charge in [0, 0.05) is 27.3 Å². The summed E-state index contributed by atoms with van der Waals surface area (Å²) in [5, 5.41) is 9.25. The predicted octanol–water partition coefficient (Wildman–Crippen LogP) is 8.12. The summed E-state index contributed by atoms with van der Waals surface area (Å²) in [6.45, 7) is 18.7. The first kappa shape index (κ1) is 45.0. The van der Waals surface area contributed by atoms with Crippen molar-refractivity contribution in [3.63, 3.8) is 0 Å². The van der Waals surface area contributed by atoms with Crippen molar-refractivity contribution < 1.29 is 19.4 Å². The van der Waals surface area contributed by atoms with E-state index >= 15 is 0 Å². The summed E-state index contributed by atoms with van der Waals surface area (Å²) >= 11 is 0. The van der Waals surface area contributed by atoms with Gasteiger partial charge in [0.05, 0.1) is 13.7 Å². The molecule has 1 saturated heterocycles. The lowest BCUT2D eigenvalue weighted by molar-refractivity contribution is -0.109. The molecule has 1 amide bonds. The Balaban J connectivity index is -0.000000553. The number of carbonyl (C=O) groups is 1. The zero-order valence-electron chi connectivity index (χ0n) is 28.9. The third kappa shape index (κ3) is 27.4. The zero-order chi connectivity index (χ0) is 33.8. The Morgan fingerprint density at radius 3 is 2.07 bits per heavy atom. The normalized spacial score (nSPS) is 13.7. The van der Waals surface area contributed by atoms with Gasteiger partial charge in [-0.1, -0.05) is 118 Å². The van der Waals surface area contributed by atoms with Crippen LogP contribution in [0.25, 0.3) is 6.08 Å². The zero-order valence-corrected chi connectivity index (χ0v) is 28.9. The average Bonchev–Trinajstić information content (AvgIpc) is 3.08. The van der Waals surface area contributed by atoms with Gasteiger partial charge >= 0.3 is 0 Å². The molecule has 0 spiro atoms. The van der Waals surface area contributed by atoms with E-state index in [1.54, 1.807) is 27.3 Å². The maximum absolute atomic E-state index is 9.06. The van der Waals surface area contributed by atoms with Crippen LogP contribution in [0.2, 0.25) is 0 Å². The summed E-state index contributed by atoms with van der Waals surface area (Å²) in [6.07, 6.45) is 14.8. The molecule has 248 valence electrons. The van der Waals surface area contributed by atoms with E-state index in [2.05, 4.69) is 96.6 Å². The van der Waals surface area contributed by atoms with E-state index in [4.69, 9.17) is 14.6 Å². The molecule has 0 aromatic heterocycles. The number of nitrogens with zero attached hydrogens (tertiary/aromatic N) is 1. The largest absolute Gasteiger partial charge is 0.497 e. The minimum atomic E-state index is 0.625. The van der Waals surface area contributed by atoms with E-state index in [0.29, 0.717) is 18.8 Å². The third-order valence-electron chi connectivity index (χ3n) is 6.09. The number of methoxy groups -OCH3 is 2. The molecule has 2 aromatic rings. The topological polar surface area (TPSA) is 71.0 Å². The smallest absolute Gasteiger partial charge is 0.206 e. The van der Waals surface area contributed by atoms with Crippen LogP contribution in [0.4, 0.5) is 0 Å². The van der Waals surface area contributed by atoms with Crippen LogP contribution < -0.4 is 5.32 Å². The van der Waals surface area contributed by atoms with Gasteiger partial charge < -0.3 is 24.8 Å². The molecule has 6 heteroatoms. The number of carbonyl (C=O) groups excluding carboxylic acids is 1. The van der Waals surface area contributed by atoms with Crippen molar-refractivity contribution in [1.29, 1.82) is 0 Å². The lowest BCUT2D eigenvalue weighted by atomic mass is 9.96. The molecular formula is C38H62N2O4. The van der Waals surface area contributed by atoms with Crippen molar-refractivity contribution in [1.82, 2.24) is 10.2 Å². The van der Waals surface area contributed by atoms with Gasteiger partial charge in [-0.25, -0.2) is 0 Å². The number of benzene rings is 2. The van der Waals surface area contributed by atoms with Crippen molar-refractivity contribution in [3.8, 4) is 0 Å². The third-order valence-corrected chi connectivity index (χ3v) is 6.09. The number of allylic oxidation sites excluding steroid dienone is 3. The molecule has 1 atom stereocenters. The van der Waals surface area contributed by atoms with Crippen molar-refractivity contribution in [2.45, 2.75) is 65.8 Å². The molecule has 2 N–H and O–H groups in total. The number of likely N-dealkylation sites (tertiary alicyclic amines) is 1. The number of hydrogen-bond acceptors (Lipinski definition) is 5. The number of piperidine rings is 1. The van der Waals surface area contributed by atoms with Crippen LogP contribution in [-0.4, -0.2) is 70.5 Å². The highest BCUT2D eigenvalue weighted by Crippen LogP contribution is 2.20. The van der Waals surface area contributed by atoms with Gasteiger partial charge in [-0.3, -0.25) is 4.79 Å². The molecule has 0 radical (unpaired) electrons. The maximum Gasteiger partial charge on any atom is 0.206 e. The molecular weight excluding hydrogens is 548 g/mol. The van der Waals surface area contributed by atoms with E-state index in [0.717, 1.165) is 19.6 Å². The first-order valence-electron chi connectivity index (χ1n) is 15.5. The van der Waals surface area contributed by atoms with Crippen LogP contribution in [0.15, 0.2) is 103 Å².